The van der Waals surface area contributed by atoms with Gasteiger partial charge in [-0.3, -0.25) is 14.9 Å². The number of hydrogen-bond donors (Lipinski definition) is 1. The highest BCUT2D eigenvalue weighted by molar-refractivity contribution is 9.10. The average Bonchev–Trinajstić information content (AvgIpc) is 2.39. The summed E-state index contributed by atoms with van der Waals surface area (Å²) < 4.78 is 0.787. The standard InChI is InChI=1S/C14H10BrClN2O3/c1-8-4-9(6-10(15)5-8)14(19)17-11-2-3-12(16)13(7-11)18(20)21/h2-7H,1H3,(H,17,19). The maximum Gasteiger partial charge on any atom is 0.289 e. The first-order valence-corrected chi connectivity index (χ1v) is 7.06. The molecule has 7 heteroatoms. The summed E-state index contributed by atoms with van der Waals surface area (Å²) in [5.41, 5.74) is 1.45. The Morgan fingerprint density at radius 3 is 2.62 bits per heavy atom. The van der Waals surface area contributed by atoms with E-state index in [4.69, 9.17) is 11.6 Å². The van der Waals surface area contributed by atoms with Gasteiger partial charge in [-0.15, -0.1) is 0 Å². The molecule has 0 saturated heterocycles. The zero-order valence-electron chi connectivity index (χ0n) is 10.9. The first kappa shape index (κ1) is 15.5. The molecule has 0 aliphatic rings. The van der Waals surface area contributed by atoms with Crippen LogP contribution in [0.4, 0.5) is 11.4 Å². The van der Waals surface area contributed by atoms with Gasteiger partial charge in [0, 0.05) is 21.8 Å². The quantitative estimate of drug-likeness (QED) is 0.636. The van der Waals surface area contributed by atoms with Crippen LogP contribution in [-0.2, 0) is 0 Å². The maximum absolute atomic E-state index is 12.1. The van der Waals surface area contributed by atoms with Crippen molar-refractivity contribution in [3.05, 3.63) is 67.1 Å². The van der Waals surface area contributed by atoms with Crippen LogP contribution in [0.2, 0.25) is 5.02 Å². The number of benzene rings is 2. The Bertz CT molecular complexity index is 714. The van der Waals surface area contributed by atoms with Crippen LogP contribution in [0.1, 0.15) is 15.9 Å². The summed E-state index contributed by atoms with van der Waals surface area (Å²) in [4.78, 5) is 22.4. The molecule has 0 aliphatic carbocycles. The molecule has 108 valence electrons. The summed E-state index contributed by atoms with van der Waals surface area (Å²) in [6, 6.07) is 9.39. The van der Waals surface area contributed by atoms with Crippen molar-refractivity contribution >= 4 is 44.8 Å². The number of hydrogen-bond acceptors (Lipinski definition) is 3. The van der Waals surface area contributed by atoms with Crippen LogP contribution >= 0.6 is 27.5 Å². The third-order valence-electron chi connectivity index (χ3n) is 2.71. The highest BCUT2D eigenvalue weighted by Gasteiger charge is 2.14. The summed E-state index contributed by atoms with van der Waals surface area (Å²) in [6.07, 6.45) is 0. The second-order valence-corrected chi connectivity index (χ2v) is 5.72. The fourth-order valence-corrected chi connectivity index (χ4v) is 2.60. The summed E-state index contributed by atoms with van der Waals surface area (Å²) in [7, 11) is 0. The van der Waals surface area contributed by atoms with Gasteiger partial charge in [0.15, 0.2) is 0 Å². The monoisotopic (exact) mass is 368 g/mol. The molecule has 2 aromatic rings. The van der Waals surface area contributed by atoms with Gasteiger partial charge in [-0.25, -0.2) is 0 Å². The Balaban J connectivity index is 2.27. The van der Waals surface area contributed by atoms with E-state index in [1.165, 1.54) is 18.2 Å². The highest BCUT2D eigenvalue weighted by atomic mass is 79.9. The Morgan fingerprint density at radius 1 is 1.29 bits per heavy atom. The van der Waals surface area contributed by atoms with Crippen LogP contribution in [0.5, 0.6) is 0 Å². The molecule has 21 heavy (non-hydrogen) atoms. The molecule has 0 aromatic heterocycles. The van der Waals surface area contributed by atoms with E-state index in [9.17, 15) is 14.9 Å². The van der Waals surface area contributed by atoms with Crippen LogP contribution in [0, 0.1) is 17.0 Å². The molecule has 2 rings (SSSR count). The molecular weight excluding hydrogens is 360 g/mol. The number of nitrogens with zero attached hydrogens (tertiary/aromatic N) is 1. The van der Waals surface area contributed by atoms with Crippen LogP contribution < -0.4 is 5.32 Å². The second kappa shape index (κ2) is 6.24. The van der Waals surface area contributed by atoms with Crippen molar-refractivity contribution < 1.29 is 9.72 Å². The van der Waals surface area contributed by atoms with E-state index in [0.29, 0.717) is 11.3 Å². The minimum Gasteiger partial charge on any atom is -0.322 e. The lowest BCUT2D eigenvalue weighted by Crippen LogP contribution is -2.12. The zero-order chi connectivity index (χ0) is 15.6. The van der Waals surface area contributed by atoms with E-state index in [1.54, 1.807) is 12.1 Å². The summed E-state index contributed by atoms with van der Waals surface area (Å²) in [6.45, 7) is 1.87. The third-order valence-corrected chi connectivity index (χ3v) is 3.48. The molecule has 0 atom stereocenters. The third kappa shape index (κ3) is 3.80. The molecule has 0 heterocycles. The lowest BCUT2D eigenvalue weighted by molar-refractivity contribution is -0.384. The lowest BCUT2D eigenvalue weighted by atomic mass is 10.1. The van der Waals surface area contributed by atoms with Crippen molar-refractivity contribution in [1.82, 2.24) is 0 Å². The Kier molecular flexibility index (Phi) is 4.59. The largest absolute Gasteiger partial charge is 0.322 e. The van der Waals surface area contributed by atoms with Gasteiger partial charge in [-0.1, -0.05) is 27.5 Å². The van der Waals surface area contributed by atoms with Gasteiger partial charge < -0.3 is 5.32 Å². The number of amides is 1. The van der Waals surface area contributed by atoms with Crippen molar-refractivity contribution in [2.24, 2.45) is 0 Å². The summed E-state index contributed by atoms with van der Waals surface area (Å²) in [5.74, 6) is -0.351. The van der Waals surface area contributed by atoms with Gasteiger partial charge in [-0.05, 0) is 42.8 Å². The van der Waals surface area contributed by atoms with Gasteiger partial charge in [0.2, 0.25) is 0 Å². The van der Waals surface area contributed by atoms with E-state index in [0.717, 1.165) is 10.0 Å². The smallest absolute Gasteiger partial charge is 0.289 e. The SMILES string of the molecule is Cc1cc(Br)cc(C(=O)Nc2ccc(Cl)c([N+](=O)[O-])c2)c1. The van der Waals surface area contributed by atoms with Crippen molar-refractivity contribution in [3.8, 4) is 0 Å². The van der Waals surface area contributed by atoms with Crippen molar-refractivity contribution in [1.29, 1.82) is 0 Å². The number of aryl methyl sites for hydroxylation is 1. The topological polar surface area (TPSA) is 72.2 Å². The predicted octanol–water partition coefficient (Wildman–Crippen LogP) is 4.57. The van der Waals surface area contributed by atoms with E-state index >= 15 is 0 Å². The molecule has 0 aliphatic heterocycles. The second-order valence-electron chi connectivity index (χ2n) is 4.39. The minimum absolute atomic E-state index is 0.0244. The lowest BCUT2D eigenvalue weighted by Gasteiger charge is -2.07. The predicted molar refractivity (Wildman–Crippen MR) is 84.9 cm³/mol. The number of halogens is 2. The van der Waals surface area contributed by atoms with Crippen LogP contribution in [0.3, 0.4) is 0 Å². The van der Waals surface area contributed by atoms with Gasteiger partial charge >= 0.3 is 0 Å². The highest BCUT2D eigenvalue weighted by Crippen LogP contribution is 2.27. The molecule has 0 spiro atoms. The van der Waals surface area contributed by atoms with E-state index < -0.39 is 4.92 Å². The molecule has 0 radical (unpaired) electrons. The zero-order valence-corrected chi connectivity index (χ0v) is 13.2. The van der Waals surface area contributed by atoms with Crippen molar-refractivity contribution in [2.45, 2.75) is 6.92 Å². The average molecular weight is 370 g/mol. The number of nitrogens with one attached hydrogen (secondary N) is 1. The number of carbonyl (C=O) groups excluding carboxylic acids is 1. The fourth-order valence-electron chi connectivity index (χ4n) is 1.80. The molecular formula is C14H10BrClN2O3. The van der Waals surface area contributed by atoms with Crippen LogP contribution in [0.15, 0.2) is 40.9 Å². The number of nitro benzene ring substituents is 1. The molecule has 0 saturated carbocycles. The molecule has 1 N–H and O–H groups in total. The Labute approximate surface area is 134 Å². The number of rotatable bonds is 3. The Morgan fingerprint density at radius 2 is 2.00 bits per heavy atom. The maximum atomic E-state index is 12.1. The molecule has 0 bridgehead atoms. The van der Waals surface area contributed by atoms with E-state index in [1.807, 2.05) is 13.0 Å². The molecule has 1 amide bonds. The van der Waals surface area contributed by atoms with E-state index in [2.05, 4.69) is 21.2 Å². The molecule has 0 unspecified atom stereocenters. The van der Waals surface area contributed by atoms with Crippen LogP contribution in [0.25, 0.3) is 0 Å². The summed E-state index contributed by atoms with van der Waals surface area (Å²) in [5, 5.41) is 13.5. The molecule has 2 aromatic carbocycles. The number of nitro groups is 1. The first-order valence-electron chi connectivity index (χ1n) is 5.89. The van der Waals surface area contributed by atoms with Crippen molar-refractivity contribution in [3.63, 3.8) is 0 Å². The van der Waals surface area contributed by atoms with Crippen molar-refractivity contribution in [2.75, 3.05) is 5.32 Å². The van der Waals surface area contributed by atoms with Gasteiger partial charge in [0.05, 0.1) is 4.92 Å². The number of carbonyl (C=O) groups is 1. The molecule has 0 fully saturated rings. The minimum atomic E-state index is -0.596. The van der Waals surface area contributed by atoms with Crippen LogP contribution in [-0.4, -0.2) is 10.8 Å². The Hall–Kier alpha value is -1.92. The van der Waals surface area contributed by atoms with Gasteiger partial charge in [-0.2, -0.15) is 0 Å². The summed E-state index contributed by atoms with van der Waals surface area (Å²) >= 11 is 9.05. The van der Waals surface area contributed by atoms with Gasteiger partial charge in [0.25, 0.3) is 11.6 Å². The molecule has 5 nitrogen and oxygen atoms in total. The normalized spacial score (nSPS) is 10.2. The fraction of sp³-hybridized carbons (Fsp3) is 0.0714. The first-order chi connectivity index (χ1) is 9.86. The number of anilines is 1. The van der Waals surface area contributed by atoms with Gasteiger partial charge in [0.1, 0.15) is 5.02 Å². The van der Waals surface area contributed by atoms with E-state index in [-0.39, 0.29) is 16.6 Å².